The quantitative estimate of drug-likeness (QED) is 0.546. The van der Waals surface area contributed by atoms with Crippen molar-refractivity contribution in [3.05, 3.63) is 0 Å². The lowest BCUT2D eigenvalue weighted by atomic mass is 10.1. The van der Waals surface area contributed by atoms with E-state index >= 15 is 0 Å². The number of hydrogen-bond donors (Lipinski definition) is 2. The van der Waals surface area contributed by atoms with E-state index in [0.29, 0.717) is 0 Å². The first-order chi connectivity index (χ1) is 6.02. The zero-order chi connectivity index (χ0) is 10.0. The Hall–Kier alpha value is -0.650. The number of carbonyl (C=O) groups excluding carboxylic acids is 1. The largest absolute Gasteiger partial charge is 0.461 e. The van der Waals surface area contributed by atoms with Crippen LogP contribution in [0, 0.1) is 0 Å². The van der Waals surface area contributed by atoms with Crippen molar-refractivity contribution in [1.29, 1.82) is 0 Å². The van der Waals surface area contributed by atoms with E-state index in [1.807, 2.05) is 0 Å². The number of esters is 1. The van der Waals surface area contributed by atoms with Gasteiger partial charge < -0.3 is 20.3 Å². The number of hydrogen-bond acceptors (Lipinski definition) is 5. The number of aliphatic hydroxyl groups is 1. The Morgan fingerprint density at radius 3 is 2.69 bits per heavy atom. The van der Waals surface area contributed by atoms with Crippen LogP contribution in [0.2, 0.25) is 0 Å². The standard InChI is InChI=1S/C8H15NO4/c1-4(2)13-8(11)7-6(10)5(9)3-12-7/h4-7,10H,3,9H2,1-2H3. The van der Waals surface area contributed by atoms with Crippen LogP contribution in [-0.4, -0.2) is 42.0 Å². The average molecular weight is 189 g/mol. The third kappa shape index (κ3) is 2.40. The molecule has 3 N–H and O–H groups in total. The van der Waals surface area contributed by atoms with Crippen molar-refractivity contribution < 1.29 is 19.4 Å². The number of ether oxygens (including phenoxy) is 2. The summed E-state index contributed by atoms with van der Waals surface area (Å²) in [6.45, 7) is 3.66. The molecule has 1 aliphatic rings. The fraction of sp³-hybridized carbons (Fsp3) is 0.875. The zero-order valence-electron chi connectivity index (χ0n) is 7.77. The summed E-state index contributed by atoms with van der Waals surface area (Å²) >= 11 is 0. The van der Waals surface area contributed by atoms with Crippen molar-refractivity contribution in [3.63, 3.8) is 0 Å². The maximum atomic E-state index is 11.2. The topological polar surface area (TPSA) is 81.8 Å². The van der Waals surface area contributed by atoms with Gasteiger partial charge in [-0.15, -0.1) is 0 Å². The molecular formula is C8H15NO4. The second kappa shape index (κ2) is 4.04. The molecule has 5 heteroatoms. The van der Waals surface area contributed by atoms with E-state index in [0.717, 1.165) is 0 Å². The monoisotopic (exact) mass is 189 g/mol. The lowest BCUT2D eigenvalue weighted by Crippen LogP contribution is -2.41. The van der Waals surface area contributed by atoms with Gasteiger partial charge in [-0.3, -0.25) is 0 Å². The smallest absolute Gasteiger partial charge is 0.338 e. The number of nitrogens with two attached hydrogens (primary N) is 1. The summed E-state index contributed by atoms with van der Waals surface area (Å²) in [6.07, 6.45) is -2.08. The van der Waals surface area contributed by atoms with Crippen molar-refractivity contribution in [2.75, 3.05) is 6.61 Å². The average Bonchev–Trinajstić information content (AvgIpc) is 2.31. The van der Waals surface area contributed by atoms with Crippen LogP contribution < -0.4 is 5.73 Å². The van der Waals surface area contributed by atoms with Gasteiger partial charge in [0, 0.05) is 0 Å². The Morgan fingerprint density at radius 1 is 1.69 bits per heavy atom. The first-order valence-corrected chi connectivity index (χ1v) is 4.28. The van der Waals surface area contributed by atoms with Crippen LogP contribution in [0.4, 0.5) is 0 Å². The van der Waals surface area contributed by atoms with Gasteiger partial charge >= 0.3 is 5.97 Å². The van der Waals surface area contributed by atoms with E-state index < -0.39 is 24.2 Å². The van der Waals surface area contributed by atoms with Gasteiger partial charge in [-0.2, -0.15) is 0 Å². The second-order valence-corrected chi connectivity index (χ2v) is 3.39. The molecule has 0 aromatic rings. The Kier molecular flexibility index (Phi) is 3.24. The summed E-state index contributed by atoms with van der Waals surface area (Å²) in [5.74, 6) is -0.546. The highest BCUT2D eigenvalue weighted by atomic mass is 16.6. The molecule has 1 fully saturated rings. The molecule has 13 heavy (non-hydrogen) atoms. The molecule has 0 bridgehead atoms. The lowest BCUT2D eigenvalue weighted by molar-refractivity contribution is -0.162. The molecule has 0 saturated carbocycles. The highest BCUT2D eigenvalue weighted by Gasteiger charge is 2.39. The minimum Gasteiger partial charge on any atom is -0.461 e. The first kappa shape index (κ1) is 10.4. The van der Waals surface area contributed by atoms with Crippen molar-refractivity contribution in [2.45, 2.75) is 38.2 Å². The molecular weight excluding hydrogens is 174 g/mol. The Morgan fingerprint density at radius 2 is 2.31 bits per heavy atom. The fourth-order valence-electron chi connectivity index (χ4n) is 1.14. The second-order valence-electron chi connectivity index (χ2n) is 3.39. The highest BCUT2D eigenvalue weighted by Crippen LogP contribution is 2.14. The van der Waals surface area contributed by atoms with Gasteiger partial charge in [-0.25, -0.2) is 4.79 Å². The first-order valence-electron chi connectivity index (χ1n) is 4.28. The molecule has 1 aliphatic heterocycles. The van der Waals surface area contributed by atoms with Gasteiger partial charge in [0.15, 0.2) is 6.10 Å². The zero-order valence-corrected chi connectivity index (χ0v) is 7.77. The Balaban J connectivity index is 2.48. The van der Waals surface area contributed by atoms with E-state index in [1.54, 1.807) is 13.8 Å². The Labute approximate surface area is 76.8 Å². The van der Waals surface area contributed by atoms with Crippen molar-refractivity contribution in [2.24, 2.45) is 5.73 Å². The summed E-state index contributed by atoms with van der Waals surface area (Å²) in [7, 11) is 0. The molecule has 1 heterocycles. The molecule has 5 nitrogen and oxygen atoms in total. The van der Waals surface area contributed by atoms with Gasteiger partial charge in [0.05, 0.1) is 18.8 Å². The fourth-order valence-corrected chi connectivity index (χ4v) is 1.14. The molecule has 1 rings (SSSR count). The van der Waals surface area contributed by atoms with Crippen LogP contribution in [0.3, 0.4) is 0 Å². The number of carbonyl (C=O) groups is 1. The predicted octanol–water partition coefficient (Wildman–Crippen LogP) is -0.975. The third-order valence-electron chi connectivity index (χ3n) is 1.80. The summed E-state index contributed by atoms with van der Waals surface area (Å²) in [5, 5.41) is 9.39. The minimum atomic E-state index is -0.953. The van der Waals surface area contributed by atoms with Crippen LogP contribution >= 0.6 is 0 Å². The molecule has 0 radical (unpaired) electrons. The van der Waals surface area contributed by atoms with Crippen LogP contribution in [0.1, 0.15) is 13.8 Å². The summed E-state index contributed by atoms with van der Waals surface area (Å²) < 4.78 is 9.86. The van der Waals surface area contributed by atoms with E-state index in [-0.39, 0.29) is 12.7 Å². The maximum Gasteiger partial charge on any atom is 0.338 e. The van der Waals surface area contributed by atoms with Crippen LogP contribution in [-0.2, 0) is 14.3 Å². The molecule has 76 valence electrons. The van der Waals surface area contributed by atoms with Gasteiger partial charge in [0.25, 0.3) is 0 Å². The SMILES string of the molecule is CC(C)OC(=O)C1OCC(N)C1O. The molecule has 3 unspecified atom stereocenters. The van der Waals surface area contributed by atoms with Gasteiger partial charge in [-0.1, -0.05) is 0 Å². The molecule has 0 aromatic carbocycles. The maximum absolute atomic E-state index is 11.2. The molecule has 1 saturated heterocycles. The normalized spacial score (nSPS) is 33.8. The lowest BCUT2D eigenvalue weighted by Gasteiger charge is -2.15. The summed E-state index contributed by atoms with van der Waals surface area (Å²) in [5.41, 5.74) is 5.45. The van der Waals surface area contributed by atoms with E-state index in [9.17, 15) is 9.90 Å². The van der Waals surface area contributed by atoms with Crippen LogP contribution in [0.25, 0.3) is 0 Å². The molecule has 0 spiro atoms. The van der Waals surface area contributed by atoms with Crippen LogP contribution in [0.5, 0.6) is 0 Å². The minimum absolute atomic E-state index is 0.193. The van der Waals surface area contributed by atoms with E-state index in [4.69, 9.17) is 15.2 Å². The summed E-state index contributed by atoms with van der Waals surface area (Å²) in [6, 6.07) is -0.496. The number of aliphatic hydroxyl groups excluding tert-OH is 1. The number of rotatable bonds is 2. The molecule has 0 aliphatic carbocycles. The predicted molar refractivity (Wildman–Crippen MR) is 45.0 cm³/mol. The van der Waals surface area contributed by atoms with E-state index in [2.05, 4.69) is 0 Å². The van der Waals surface area contributed by atoms with E-state index in [1.165, 1.54) is 0 Å². The van der Waals surface area contributed by atoms with Crippen LogP contribution in [0.15, 0.2) is 0 Å². The van der Waals surface area contributed by atoms with Crippen molar-refractivity contribution in [3.8, 4) is 0 Å². The van der Waals surface area contributed by atoms with Gasteiger partial charge in [0.1, 0.15) is 6.10 Å². The Bertz CT molecular complexity index is 195. The summed E-state index contributed by atoms with van der Waals surface area (Å²) in [4.78, 5) is 11.2. The molecule has 3 atom stereocenters. The molecule has 0 amide bonds. The van der Waals surface area contributed by atoms with Crippen molar-refractivity contribution in [1.82, 2.24) is 0 Å². The van der Waals surface area contributed by atoms with Crippen molar-refractivity contribution >= 4 is 5.97 Å². The highest BCUT2D eigenvalue weighted by molar-refractivity contribution is 5.76. The molecule has 0 aromatic heterocycles. The van der Waals surface area contributed by atoms with Gasteiger partial charge in [-0.05, 0) is 13.8 Å². The van der Waals surface area contributed by atoms with Gasteiger partial charge in [0.2, 0.25) is 0 Å². The third-order valence-corrected chi connectivity index (χ3v) is 1.80.